The Morgan fingerprint density at radius 2 is 1.68 bits per heavy atom. The van der Waals surface area contributed by atoms with Crippen LogP contribution in [-0.4, -0.2) is 70.3 Å². The number of para-hydroxylation sites is 1. The highest BCUT2D eigenvalue weighted by Gasteiger charge is 2.27. The third-order valence-corrected chi connectivity index (χ3v) is 6.46. The summed E-state index contributed by atoms with van der Waals surface area (Å²) in [5.41, 5.74) is 1.43. The third kappa shape index (κ3) is 5.59. The molecule has 0 fully saturated rings. The van der Waals surface area contributed by atoms with Crippen LogP contribution in [0.15, 0.2) is 48.8 Å². The molecule has 0 aliphatic carbocycles. The molecule has 4 rings (SSSR count). The molecule has 0 spiro atoms. The van der Waals surface area contributed by atoms with Gasteiger partial charge in [0.2, 0.25) is 21.9 Å². The van der Waals surface area contributed by atoms with Crippen molar-refractivity contribution in [2.75, 3.05) is 31.8 Å². The second kappa shape index (κ2) is 10.8. The number of nitrogens with one attached hydrogen (secondary N) is 1. The summed E-state index contributed by atoms with van der Waals surface area (Å²) < 4.78 is 46.3. The molecule has 37 heavy (non-hydrogen) atoms. The summed E-state index contributed by atoms with van der Waals surface area (Å²) in [6.45, 7) is 1.73. The van der Waals surface area contributed by atoms with Crippen LogP contribution in [0.3, 0.4) is 0 Å². The van der Waals surface area contributed by atoms with E-state index in [-0.39, 0.29) is 17.5 Å². The molecule has 13 nitrogen and oxygen atoms in total. The van der Waals surface area contributed by atoms with Crippen LogP contribution in [0.4, 0.5) is 5.95 Å². The summed E-state index contributed by atoms with van der Waals surface area (Å²) in [6, 6.07) is 10.1. The molecule has 0 amide bonds. The maximum absolute atomic E-state index is 13.1. The number of benzene rings is 1. The molecule has 3 aromatic heterocycles. The van der Waals surface area contributed by atoms with Gasteiger partial charge in [0, 0.05) is 12.3 Å². The van der Waals surface area contributed by atoms with E-state index in [2.05, 4.69) is 29.9 Å². The Morgan fingerprint density at radius 3 is 2.30 bits per heavy atom. The van der Waals surface area contributed by atoms with Gasteiger partial charge in [0.25, 0.3) is 0 Å². The highest BCUT2D eigenvalue weighted by atomic mass is 32.2. The van der Waals surface area contributed by atoms with Crippen LogP contribution in [0.5, 0.6) is 17.4 Å². The molecule has 0 bridgehead atoms. The van der Waals surface area contributed by atoms with Crippen LogP contribution in [0, 0.1) is 6.92 Å². The highest BCUT2D eigenvalue weighted by molar-refractivity contribution is 7.92. The molecule has 0 saturated carbocycles. The molecule has 1 unspecified atom stereocenters. The number of rotatable bonds is 10. The number of pyridine rings is 1. The summed E-state index contributed by atoms with van der Waals surface area (Å²) in [5.74, 6) is 0.350. The van der Waals surface area contributed by atoms with E-state index in [0.29, 0.717) is 34.5 Å². The first-order chi connectivity index (χ1) is 17.8. The Kier molecular flexibility index (Phi) is 7.50. The lowest BCUT2D eigenvalue weighted by molar-refractivity contribution is 0.196. The lowest BCUT2D eigenvalue weighted by Crippen LogP contribution is -2.24. The number of aliphatic hydroxyl groups is 1. The summed E-state index contributed by atoms with van der Waals surface area (Å²) >= 11 is 0. The molecule has 1 atom stereocenters. The number of hydrogen-bond acceptors (Lipinski definition) is 11. The minimum Gasteiger partial charge on any atom is -0.494 e. The molecule has 2 N–H and O–H groups in total. The lowest BCUT2D eigenvalue weighted by atomic mass is 10.2. The van der Waals surface area contributed by atoms with Crippen LogP contribution in [0.2, 0.25) is 0 Å². The number of hydrogen-bond donors (Lipinski definition) is 2. The Balaban J connectivity index is 1.80. The number of methoxy groups -OCH3 is 3. The van der Waals surface area contributed by atoms with Crippen molar-refractivity contribution >= 4 is 16.0 Å². The standard InChI is InChI=1S/C23H25N7O6S/c1-14-11-25-16(12-24-14)17(31)13-37(32,33)29-23-28-27-22(15-7-5-10-20(26-15)36-4)30(23)21-18(34-2)8-6-9-19(21)35-3/h5-12,17,31H,13H2,1-4H3,(H,28,29). The van der Waals surface area contributed by atoms with Crippen molar-refractivity contribution < 1.29 is 27.7 Å². The van der Waals surface area contributed by atoms with Crippen molar-refractivity contribution in [2.24, 2.45) is 0 Å². The number of aromatic nitrogens is 6. The second-order valence-electron chi connectivity index (χ2n) is 7.74. The van der Waals surface area contributed by atoms with E-state index in [1.807, 2.05) is 0 Å². The van der Waals surface area contributed by atoms with Crippen molar-refractivity contribution in [3.05, 3.63) is 60.2 Å². The van der Waals surface area contributed by atoms with Crippen molar-refractivity contribution in [1.82, 2.24) is 29.7 Å². The predicted molar refractivity (Wildman–Crippen MR) is 133 cm³/mol. The molecule has 0 saturated heterocycles. The molecule has 194 valence electrons. The summed E-state index contributed by atoms with van der Waals surface area (Å²) in [7, 11) is 0.249. The molecule has 0 aliphatic heterocycles. The van der Waals surface area contributed by atoms with Gasteiger partial charge in [0.15, 0.2) is 5.82 Å². The van der Waals surface area contributed by atoms with Gasteiger partial charge < -0.3 is 19.3 Å². The largest absolute Gasteiger partial charge is 0.494 e. The predicted octanol–water partition coefficient (Wildman–Crippen LogP) is 1.93. The number of ether oxygens (including phenoxy) is 3. The SMILES string of the molecule is COc1cccc(-c2nnc(NS(=O)(=O)CC(O)c3cnc(C)cn3)n2-c2c(OC)cccc2OC)n1. The second-order valence-corrected chi connectivity index (χ2v) is 9.51. The number of nitrogens with zero attached hydrogens (tertiary/aromatic N) is 6. The zero-order chi connectivity index (χ0) is 26.6. The molecule has 14 heteroatoms. The first-order valence-corrected chi connectivity index (χ1v) is 12.6. The van der Waals surface area contributed by atoms with E-state index in [1.54, 1.807) is 43.3 Å². The number of aliphatic hydroxyl groups excluding tert-OH is 1. The van der Waals surface area contributed by atoms with E-state index >= 15 is 0 Å². The Morgan fingerprint density at radius 1 is 0.973 bits per heavy atom. The monoisotopic (exact) mass is 527 g/mol. The van der Waals surface area contributed by atoms with Crippen LogP contribution in [0.25, 0.3) is 17.2 Å². The van der Waals surface area contributed by atoms with Crippen LogP contribution >= 0.6 is 0 Å². The Hall–Kier alpha value is -4.30. The molecule has 4 aromatic rings. The van der Waals surface area contributed by atoms with Gasteiger partial charge >= 0.3 is 0 Å². The Bertz CT molecular complexity index is 1470. The van der Waals surface area contributed by atoms with Gasteiger partial charge in [-0.2, -0.15) is 0 Å². The molecular formula is C23H25N7O6S. The van der Waals surface area contributed by atoms with E-state index in [1.165, 1.54) is 38.3 Å². The first kappa shape index (κ1) is 25.8. The average Bonchev–Trinajstić information content (AvgIpc) is 3.30. The number of sulfonamides is 1. The summed E-state index contributed by atoms with van der Waals surface area (Å²) in [6.07, 6.45) is 1.34. The molecule has 1 aromatic carbocycles. The first-order valence-electron chi connectivity index (χ1n) is 10.9. The van der Waals surface area contributed by atoms with Gasteiger partial charge in [-0.3, -0.25) is 19.3 Å². The van der Waals surface area contributed by atoms with Crippen molar-refractivity contribution in [3.8, 4) is 34.6 Å². The van der Waals surface area contributed by atoms with E-state index < -0.39 is 21.9 Å². The fourth-order valence-electron chi connectivity index (χ4n) is 3.48. The van der Waals surface area contributed by atoms with Crippen LogP contribution < -0.4 is 18.9 Å². The molecule has 0 radical (unpaired) electrons. The smallest absolute Gasteiger partial charge is 0.243 e. The van der Waals surface area contributed by atoms with Gasteiger partial charge in [0.1, 0.15) is 34.7 Å². The van der Waals surface area contributed by atoms with E-state index in [9.17, 15) is 13.5 Å². The van der Waals surface area contributed by atoms with E-state index in [0.717, 1.165) is 0 Å². The maximum Gasteiger partial charge on any atom is 0.243 e. The fourth-order valence-corrected chi connectivity index (χ4v) is 4.56. The molecule has 0 aliphatic rings. The maximum atomic E-state index is 13.1. The number of aryl methyl sites for hydroxylation is 1. The summed E-state index contributed by atoms with van der Waals surface area (Å²) in [5, 5.41) is 18.8. The quantitative estimate of drug-likeness (QED) is 0.310. The van der Waals surface area contributed by atoms with Crippen molar-refractivity contribution in [2.45, 2.75) is 13.0 Å². The zero-order valence-corrected chi connectivity index (χ0v) is 21.3. The highest BCUT2D eigenvalue weighted by Crippen LogP contribution is 2.37. The lowest BCUT2D eigenvalue weighted by Gasteiger charge is -2.18. The van der Waals surface area contributed by atoms with Crippen molar-refractivity contribution in [1.29, 1.82) is 0 Å². The minimum absolute atomic E-state index is 0.116. The van der Waals surface area contributed by atoms with Gasteiger partial charge in [-0.1, -0.05) is 12.1 Å². The Labute approximate surface area is 213 Å². The van der Waals surface area contributed by atoms with Gasteiger partial charge in [-0.05, 0) is 25.1 Å². The van der Waals surface area contributed by atoms with Gasteiger partial charge in [-0.15, -0.1) is 10.2 Å². The van der Waals surface area contributed by atoms with Crippen LogP contribution in [0.1, 0.15) is 17.5 Å². The zero-order valence-electron chi connectivity index (χ0n) is 20.5. The summed E-state index contributed by atoms with van der Waals surface area (Å²) in [4.78, 5) is 12.5. The van der Waals surface area contributed by atoms with Crippen molar-refractivity contribution in [3.63, 3.8) is 0 Å². The van der Waals surface area contributed by atoms with Gasteiger partial charge in [0.05, 0.1) is 38.9 Å². The number of anilines is 1. The fraction of sp³-hybridized carbons (Fsp3) is 0.261. The molecular weight excluding hydrogens is 502 g/mol. The third-order valence-electron chi connectivity index (χ3n) is 5.22. The topological polar surface area (TPSA) is 163 Å². The van der Waals surface area contributed by atoms with Gasteiger partial charge in [-0.25, -0.2) is 13.4 Å². The average molecular weight is 528 g/mol. The van der Waals surface area contributed by atoms with Crippen LogP contribution in [-0.2, 0) is 10.0 Å². The minimum atomic E-state index is -4.16. The normalized spacial score (nSPS) is 12.1. The molecule has 3 heterocycles. The van der Waals surface area contributed by atoms with E-state index in [4.69, 9.17) is 14.2 Å².